The molecule has 0 spiro atoms. The van der Waals surface area contributed by atoms with E-state index in [0.717, 1.165) is 37.5 Å². The van der Waals surface area contributed by atoms with Crippen LogP contribution in [0.15, 0.2) is 39.5 Å². The second kappa shape index (κ2) is 4.94. The lowest BCUT2D eigenvalue weighted by Crippen LogP contribution is -2.65. The summed E-state index contributed by atoms with van der Waals surface area (Å²) >= 11 is 0. The van der Waals surface area contributed by atoms with Gasteiger partial charge in [-0.1, -0.05) is 18.2 Å². The first-order valence-electron chi connectivity index (χ1n) is 9.02. The number of nitrogens with one attached hydrogen (secondary N) is 1. The Labute approximate surface area is 145 Å². The molecule has 5 nitrogen and oxygen atoms in total. The number of carbonyl (C=O) groups excluding carboxylic acids is 1. The van der Waals surface area contributed by atoms with Crippen molar-refractivity contribution in [3.63, 3.8) is 0 Å². The Morgan fingerprint density at radius 3 is 2.60 bits per heavy atom. The van der Waals surface area contributed by atoms with Gasteiger partial charge in [-0.2, -0.15) is 0 Å². The molecular weight excluding hydrogens is 318 g/mol. The zero-order valence-electron chi connectivity index (χ0n) is 14.0. The number of rotatable bonds is 2. The van der Waals surface area contributed by atoms with E-state index in [0.29, 0.717) is 23.8 Å². The molecule has 4 bridgehead atoms. The summed E-state index contributed by atoms with van der Waals surface area (Å²) in [7, 11) is 0. The van der Waals surface area contributed by atoms with E-state index in [1.807, 2.05) is 12.1 Å². The quantitative estimate of drug-likeness (QED) is 0.824. The van der Waals surface area contributed by atoms with Crippen LogP contribution in [0.25, 0.3) is 11.0 Å². The van der Waals surface area contributed by atoms with Crippen LogP contribution in [0.1, 0.15) is 48.9 Å². The summed E-state index contributed by atoms with van der Waals surface area (Å²) in [5.74, 6) is 0.559. The summed E-state index contributed by atoms with van der Waals surface area (Å²) in [6.07, 6.45) is 5.24. The van der Waals surface area contributed by atoms with Gasteiger partial charge in [-0.05, 0) is 62.5 Å². The van der Waals surface area contributed by atoms with Crippen LogP contribution in [0.3, 0.4) is 0 Å². The summed E-state index contributed by atoms with van der Waals surface area (Å²) in [6, 6.07) is 8.78. The zero-order valence-corrected chi connectivity index (χ0v) is 14.0. The summed E-state index contributed by atoms with van der Waals surface area (Å²) < 4.78 is 5.29. The van der Waals surface area contributed by atoms with Crippen LogP contribution in [-0.4, -0.2) is 22.2 Å². The van der Waals surface area contributed by atoms with Gasteiger partial charge in [0.15, 0.2) is 0 Å². The van der Waals surface area contributed by atoms with Gasteiger partial charge in [-0.25, -0.2) is 4.79 Å². The smallest absolute Gasteiger partial charge is 0.349 e. The fourth-order valence-electron chi connectivity index (χ4n) is 5.89. The summed E-state index contributed by atoms with van der Waals surface area (Å²) in [5.41, 5.74) is -1.12. The number of amides is 1. The van der Waals surface area contributed by atoms with Crippen molar-refractivity contribution in [2.24, 2.45) is 11.8 Å². The Morgan fingerprint density at radius 2 is 1.88 bits per heavy atom. The predicted molar refractivity (Wildman–Crippen MR) is 92.3 cm³/mol. The molecule has 1 aromatic heterocycles. The molecule has 2 N–H and O–H groups in total. The molecule has 5 heteroatoms. The second-order valence-electron chi connectivity index (χ2n) is 8.41. The third kappa shape index (κ3) is 2.41. The van der Waals surface area contributed by atoms with Gasteiger partial charge in [0.1, 0.15) is 11.1 Å². The number of hydrogen-bond acceptors (Lipinski definition) is 4. The Hall–Kier alpha value is -2.14. The summed E-state index contributed by atoms with van der Waals surface area (Å²) in [6.45, 7) is 0. The highest BCUT2D eigenvalue weighted by Crippen LogP contribution is 2.57. The largest absolute Gasteiger partial charge is 0.422 e. The molecule has 25 heavy (non-hydrogen) atoms. The van der Waals surface area contributed by atoms with E-state index in [1.165, 1.54) is 0 Å². The number of para-hydroxylation sites is 1. The lowest BCUT2D eigenvalue weighted by Gasteiger charge is -2.60. The minimum absolute atomic E-state index is 0.0430. The van der Waals surface area contributed by atoms with Crippen molar-refractivity contribution in [1.29, 1.82) is 0 Å². The number of benzene rings is 1. The summed E-state index contributed by atoms with van der Waals surface area (Å²) in [5, 5.41) is 14.7. The van der Waals surface area contributed by atoms with Crippen molar-refractivity contribution in [2.75, 3.05) is 0 Å². The predicted octanol–water partition coefficient (Wildman–Crippen LogP) is 2.61. The number of carbonyl (C=O) groups is 1. The molecule has 4 aliphatic rings. The topological polar surface area (TPSA) is 79.5 Å². The van der Waals surface area contributed by atoms with Gasteiger partial charge in [0, 0.05) is 10.9 Å². The molecule has 6 rings (SSSR count). The maximum absolute atomic E-state index is 12.8. The fourth-order valence-corrected chi connectivity index (χ4v) is 5.89. The van der Waals surface area contributed by atoms with Gasteiger partial charge in [0.25, 0.3) is 5.91 Å². The lowest BCUT2D eigenvalue weighted by atomic mass is 9.51. The molecule has 0 radical (unpaired) electrons. The first-order chi connectivity index (χ1) is 11.9. The van der Waals surface area contributed by atoms with E-state index in [9.17, 15) is 14.7 Å². The highest BCUT2D eigenvalue weighted by atomic mass is 16.4. The van der Waals surface area contributed by atoms with Gasteiger partial charge in [0.2, 0.25) is 0 Å². The maximum Gasteiger partial charge on any atom is 0.349 e. The molecule has 4 aliphatic carbocycles. The number of hydrogen-bond donors (Lipinski definition) is 2. The molecule has 0 saturated heterocycles. The lowest BCUT2D eigenvalue weighted by molar-refractivity contribution is -0.139. The highest BCUT2D eigenvalue weighted by molar-refractivity contribution is 5.97. The molecule has 4 saturated carbocycles. The standard InChI is InChI=1S/C20H21NO4/c22-17(15-6-14-3-1-2-4-16(14)25-18(15)23)21-19-7-12-5-13(8-19)10-20(24,9-12)11-19/h1-4,6,12-13,24H,5,7-11H2,(H,21,22). The molecule has 0 aliphatic heterocycles. The molecule has 2 atom stereocenters. The van der Waals surface area contributed by atoms with Crippen molar-refractivity contribution >= 4 is 16.9 Å². The van der Waals surface area contributed by atoms with Crippen molar-refractivity contribution in [2.45, 2.75) is 49.7 Å². The SMILES string of the molecule is O=C(NC12CC3CC(CC(O)(C3)C1)C2)c1cc2ccccc2oc1=O. The number of aliphatic hydroxyl groups is 1. The van der Waals surface area contributed by atoms with Gasteiger partial charge in [-0.15, -0.1) is 0 Å². The van der Waals surface area contributed by atoms with E-state index in [4.69, 9.17) is 4.42 Å². The van der Waals surface area contributed by atoms with Crippen molar-refractivity contribution in [1.82, 2.24) is 5.32 Å². The van der Waals surface area contributed by atoms with E-state index in [1.54, 1.807) is 18.2 Å². The highest BCUT2D eigenvalue weighted by Gasteiger charge is 2.57. The molecular formula is C20H21NO4. The van der Waals surface area contributed by atoms with Crippen LogP contribution >= 0.6 is 0 Å². The molecule has 2 aromatic rings. The average Bonchev–Trinajstić information content (AvgIpc) is 2.51. The monoisotopic (exact) mass is 339 g/mol. The van der Waals surface area contributed by atoms with Gasteiger partial charge >= 0.3 is 5.63 Å². The van der Waals surface area contributed by atoms with E-state index in [-0.39, 0.29) is 17.0 Å². The van der Waals surface area contributed by atoms with Crippen LogP contribution in [0, 0.1) is 11.8 Å². The minimum Gasteiger partial charge on any atom is -0.422 e. The Morgan fingerprint density at radius 1 is 1.16 bits per heavy atom. The van der Waals surface area contributed by atoms with Crippen molar-refractivity contribution < 1.29 is 14.3 Å². The third-order valence-electron chi connectivity index (χ3n) is 6.29. The zero-order chi connectivity index (χ0) is 17.2. The molecule has 4 fully saturated rings. The van der Waals surface area contributed by atoms with Crippen LogP contribution < -0.4 is 10.9 Å². The molecule has 130 valence electrons. The van der Waals surface area contributed by atoms with Crippen LogP contribution in [-0.2, 0) is 0 Å². The Bertz CT molecular complexity index is 917. The average molecular weight is 339 g/mol. The fraction of sp³-hybridized carbons (Fsp3) is 0.500. The molecule has 2 unspecified atom stereocenters. The van der Waals surface area contributed by atoms with Crippen LogP contribution in [0.5, 0.6) is 0 Å². The first kappa shape index (κ1) is 15.1. The third-order valence-corrected chi connectivity index (χ3v) is 6.29. The molecule has 1 heterocycles. The number of fused-ring (bicyclic) bond motifs is 1. The minimum atomic E-state index is -0.647. The van der Waals surface area contributed by atoms with E-state index >= 15 is 0 Å². The van der Waals surface area contributed by atoms with Crippen molar-refractivity contribution in [3.05, 3.63) is 46.3 Å². The molecule has 1 aromatic carbocycles. The van der Waals surface area contributed by atoms with Crippen LogP contribution in [0.4, 0.5) is 0 Å². The Kier molecular flexibility index (Phi) is 2.99. The van der Waals surface area contributed by atoms with E-state index in [2.05, 4.69) is 5.32 Å². The van der Waals surface area contributed by atoms with Crippen LogP contribution in [0.2, 0.25) is 0 Å². The van der Waals surface area contributed by atoms with E-state index < -0.39 is 11.2 Å². The normalized spacial score (nSPS) is 35.9. The van der Waals surface area contributed by atoms with Gasteiger partial charge < -0.3 is 14.8 Å². The second-order valence-corrected chi connectivity index (χ2v) is 8.41. The van der Waals surface area contributed by atoms with Crippen molar-refractivity contribution in [3.8, 4) is 0 Å². The first-order valence-corrected chi connectivity index (χ1v) is 9.02. The Balaban J connectivity index is 1.48. The maximum atomic E-state index is 12.8. The van der Waals surface area contributed by atoms with Gasteiger partial charge in [0.05, 0.1) is 5.60 Å². The van der Waals surface area contributed by atoms with Gasteiger partial charge in [-0.3, -0.25) is 4.79 Å². The molecule has 1 amide bonds. The summed E-state index contributed by atoms with van der Waals surface area (Å²) in [4.78, 5) is 25.1.